The first-order valence-electron chi connectivity index (χ1n) is 9.82. The highest BCUT2D eigenvalue weighted by Gasteiger charge is 2.33. The molecule has 5 rings (SSSR count). The van der Waals surface area contributed by atoms with E-state index in [-0.39, 0.29) is 4.90 Å². The van der Waals surface area contributed by atoms with Gasteiger partial charge in [0, 0.05) is 15.9 Å². The fourth-order valence-corrected chi connectivity index (χ4v) is 11.9. The summed E-state index contributed by atoms with van der Waals surface area (Å²) in [5.74, 6) is -6.64. The van der Waals surface area contributed by atoms with E-state index in [2.05, 4.69) is 4.36 Å². The summed E-state index contributed by atoms with van der Waals surface area (Å²) in [5.41, 5.74) is -0.518. The third-order valence-corrected chi connectivity index (χ3v) is 12.6. The highest BCUT2D eigenvalue weighted by molar-refractivity contribution is 8.70. The monoisotopic (exact) mass is 502 g/mol. The second-order valence-electron chi connectivity index (χ2n) is 7.06. The maximum Gasteiger partial charge on any atom is 0.199 e. The van der Waals surface area contributed by atoms with Gasteiger partial charge >= 0.3 is 0 Å². The van der Waals surface area contributed by atoms with Crippen molar-refractivity contribution in [1.82, 2.24) is 0 Å². The Morgan fingerprint density at radius 1 is 0.606 bits per heavy atom. The summed E-state index contributed by atoms with van der Waals surface area (Å²) < 4.78 is 65.8. The highest BCUT2D eigenvalue weighted by Crippen LogP contribution is 2.53. The summed E-state index contributed by atoms with van der Waals surface area (Å²) in [6.07, 6.45) is 0. The summed E-state index contributed by atoms with van der Waals surface area (Å²) in [4.78, 5) is -0.356. The third-order valence-electron chi connectivity index (χ3n) is 5.11. The van der Waals surface area contributed by atoms with Gasteiger partial charge in [0.15, 0.2) is 23.3 Å². The lowest BCUT2D eigenvalue weighted by Gasteiger charge is -2.26. The number of hydrogen-bond acceptors (Lipinski definition) is 3. The van der Waals surface area contributed by atoms with Crippen LogP contribution in [0.1, 0.15) is 0 Å². The molecule has 0 aromatic heterocycles. The average Bonchev–Trinajstić information content (AvgIpc) is 3.30. The first-order valence-corrected chi connectivity index (χ1v) is 14.0. The largest absolute Gasteiger partial charge is 0.202 e. The van der Waals surface area contributed by atoms with Gasteiger partial charge in [0.05, 0.1) is 21.9 Å². The van der Waals surface area contributed by atoms with Gasteiger partial charge in [-0.1, -0.05) is 91.0 Å². The highest BCUT2D eigenvalue weighted by atomic mass is 33.1. The molecule has 1 aliphatic heterocycles. The molecule has 4 aromatic rings. The Bertz CT molecular complexity index is 1330. The minimum atomic E-state index is -2.69. The van der Waals surface area contributed by atoms with Gasteiger partial charge in [-0.05, 0) is 10.8 Å². The van der Waals surface area contributed by atoms with Crippen LogP contribution < -0.4 is 15.9 Å². The minimum absolute atomic E-state index is 0.356. The van der Waals surface area contributed by atoms with Crippen LogP contribution in [0.3, 0.4) is 0 Å². The average molecular weight is 502 g/mol. The predicted molar refractivity (Wildman–Crippen MR) is 129 cm³/mol. The molecule has 1 atom stereocenters. The summed E-state index contributed by atoms with van der Waals surface area (Å²) in [5, 5.41) is 2.79. The first-order chi connectivity index (χ1) is 16.0. The van der Waals surface area contributed by atoms with Crippen LogP contribution in [0.5, 0.6) is 0 Å². The summed E-state index contributed by atoms with van der Waals surface area (Å²) in [6.45, 7) is 0. The Morgan fingerprint density at radius 3 is 1.48 bits per heavy atom. The summed E-state index contributed by atoms with van der Waals surface area (Å²) in [7, 11) is -3.21. The number of benzene rings is 4. The van der Waals surface area contributed by atoms with Crippen LogP contribution in [0.4, 0.5) is 23.2 Å². The Morgan fingerprint density at radius 2 is 1.03 bits per heavy atom. The molecular weight excluding hydrogens is 487 g/mol. The topological polar surface area (TPSA) is 24.7 Å². The van der Waals surface area contributed by atoms with Crippen LogP contribution in [-0.4, -0.2) is 0 Å². The van der Waals surface area contributed by atoms with Gasteiger partial charge < -0.3 is 0 Å². The molecule has 1 unspecified atom stereocenters. The van der Waals surface area contributed by atoms with E-state index in [1.165, 1.54) is 0 Å². The van der Waals surface area contributed by atoms with E-state index >= 15 is 0 Å². The molecule has 0 bridgehead atoms. The Kier molecular flexibility index (Phi) is 5.99. The van der Waals surface area contributed by atoms with Crippen molar-refractivity contribution in [2.24, 2.45) is 8.51 Å². The molecule has 0 fully saturated rings. The normalized spacial score (nSPS) is 15.1. The van der Waals surface area contributed by atoms with E-state index in [1.54, 1.807) is 0 Å². The molecule has 0 aliphatic carbocycles. The number of nitrogens with zero attached hydrogens (tertiary/aromatic N) is 2. The van der Waals surface area contributed by atoms with E-state index < -0.39 is 45.9 Å². The van der Waals surface area contributed by atoms with Crippen molar-refractivity contribution in [3.8, 4) is 0 Å². The zero-order valence-corrected chi connectivity index (χ0v) is 19.4. The van der Waals surface area contributed by atoms with Gasteiger partial charge in [-0.3, -0.25) is 0 Å². The maximum absolute atomic E-state index is 14.4. The lowest BCUT2D eigenvalue weighted by atomic mass is 10.2. The zero-order valence-electron chi connectivity index (χ0n) is 16.8. The van der Waals surface area contributed by atoms with Crippen molar-refractivity contribution in [3.05, 3.63) is 114 Å². The van der Waals surface area contributed by atoms with Gasteiger partial charge in [-0.25, -0.2) is 21.7 Å². The molecule has 1 aliphatic rings. The van der Waals surface area contributed by atoms with Crippen LogP contribution in [-0.2, 0) is 9.91 Å². The molecule has 0 saturated heterocycles. The molecule has 1 heterocycles. The fourth-order valence-electron chi connectivity index (χ4n) is 3.59. The van der Waals surface area contributed by atoms with E-state index in [1.807, 2.05) is 91.0 Å². The molecule has 2 nitrogen and oxygen atoms in total. The SMILES string of the molecule is Fc1c(F)c(F)c2c(c1F)N=S(N=P(c1ccccc1)(c1ccccc1)c1ccccc1)S2. The van der Waals surface area contributed by atoms with Gasteiger partial charge in [-0.2, -0.15) is 4.36 Å². The second-order valence-corrected chi connectivity index (χ2v) is 13.1. The van der Waals surface area contributed by atoms with Crippen molar-refractivity contribution < 1.29 is 17.6 Å². The second kappa shape index (κ2) is 8.93. The smallest absolute Gasteiger partial charge is 0.199 e. The van der Waals surface area contributed by atoms with E-state index in [9.17, 15) is 17.6 Å². The van der Waals surface area contributed by atoms with Gasteiger partial charge in [0.1, 0.15) is 5.69 Å². The maximum atomic E-state index is 14.4. The lowest BCUT2D eigenvalue weighted by molar-refractivity contribution is 0.401. The molecule has 0 spiro atoms. The number of rotatable bonds is 4. The van der Waals surface area contributed by atoms with E-state index in [0.717, 1.165) is 26.7 Å². The number of hydrogen-bond donors (Lipinski definition) is 0. The Labute approximate surface area is 194 Å². The number of fused-ring (bicyclic) bond motifs is 1. The molecule has 0 saturated carbocycles. The molecule has 9 heteroatoms. The molecule has 0 amide bonds. The van der Waals surface area contributed by atoms with Crippen LogP contribution in [0, 0.1) is 23.3 Å². The van der Waals surface area contributed by atoms with Crippen LogP contribution >= 0.6 is 17.8 Å². The Balaban J connectivity index is 1.83. The molecule has 4 aromatic carbocycles. The van der Waals surface area contributed by atoms with Gasteiger partial charge in [-0.15, -0.1) is 0 Å². The first kappa shape index (κ1) is 22.1. The summed E-state index contributed by atoms with van der Waals surface area (Å²) >= 11 is 0. The zero-order chi connectivity index (χ0) is 23.0. The van der Waals surface area contributed by atoms with Crippen LogP contribution in [0.25, 0.3) is 0 Å². The van der Waals surface area contributed by atoms with E-state index in [0.29, 0.717) is 0 Å². The molecule has 0 radical (unpaired) electrons. The Hall–Kier alpha value is -2.67. The van der Waals surface area contributed by atoms with Crippen molar-refractivity contribution in [3.63, 3.8) is 0 Å². The van der Waals surface area contributed by atoms with Gasteiger partial charge in [0.25, 0.3) is 0 Å². The fraction of sp³-hybridized carbons (Fsp3) is 0. The molecule has 33 heavy (non-hydrogen) atoms. The number of halogens is 4. The van der Waals surface area contributed by atoms with Crippen LogP contribution in [0.15, 0.2) is 104 Å². The standard InChI is InChI=1S/C24H15F4N2PS2/c25-19-20(26)22(28)24-23(21(19)27)29-33(32-24)30-31(16-10-4-1-5-11-16,17-12-6-2-7-13-17)18-14-8-3-9-15-18/h1-15H. The van der Waals surface area contributed by atoms with Crippen molar-refractivity contribution >= 4 is 49.4 Å². The van der Waals surface area contributed by atoms with Crippen molar-refractivity contribution in [1.29, 1.82) is 0 Å². The van der Waals surface area contributed by atoms with Crippen molar-refractivity contribution in [2.45, 2.75) is 4.90 Å². The minimum Gasteiger partial charge on any atom is -0.202 e. The quantitative estimate of drug-likeness (QED) is 0.0992. The van der Waals surface area contributed by atoms with Crippen LogP contribution in [0.2, 0.25) is 0 Å². The predicted octanol–water partition coefficient (Wildman–Crippen LogP) is 6.79. The van der Waals surface area contributed by atoms with E-state index in [4.69, 9.17) is 4.15 Å². The molecule has 0 N–H and O–H groups in total. The van der Waals surface area contributed by atoms with Crippen molar-refractivity contribution in [2.75, 3.05) is 0 Å². The third kappa shape index (κ3) is 3.76. The summed E-state index contributed by atoms with van der Waals surface area (Å²) in [6, 6.07) is 29.0. The molecule has 166 valence electrons. The molecular formula is C24H15F4N2PS2. The van der Waals surface area contributed by atoms with Gasteiger partial charge in [0.2, 0.25) is 0 Å². The lowest BCUT2D eigenvalue weighted by Crippen LogP contribution is -2.25.